The number of sulfonamides is 1. The average Bonchev–Trinajstić information content (AvgIpc) is 2.15. The molecule has 7 nitrogen and oxygen atoms in total. The van der Waals surface area contributed by atoms with Crippen molar-refractivity contribution in [3.8, 4) is 0 Å². The Morgan fingerprint density at radius 1 is 1.64 bits per heavy atom. The van der Waals surface area contributed by atoms with Gasteiger partial charge in [0.15, 0.2) is 6.10 Å². The van der Waals surface area contributed by atoms with Crippen LogP contribution < -0.4 is 11.3 Å². The lowest BCUT2D eigenvalue weighted by atomic mass is 10.3. The number of morpholine rings is 1. The fourth-order valence-electron chi connectivity index (χ4n) is 1.18. The maximum absolute atomic E-state index is 11.2. The number of nitrogens with one attached hydrogen (secondary N) is 1. The lowest BCUT2D eigenvalue weighted by Gasteiger charge is -2.29. The maximum atomic E-state index is 11.2. The number of amides is 1. The molecule has 0 spiro atoms. The summed E-state index contributed by atoms with van der Waals surface area (Å²) in [5, 5.41) is 0. The molecule has 1 amide bonds. The first-order valence-corrected chi connectivity index (χ1v) is 5.87. The molecule has 1 saturated heterocycles. The minimum absolute atomic E-state index is 0.0157. The van der Waals surface area contributed by atoms with Crippen LogP contribution in [0.15, 0.2) is 0 Å². The topological polar surface area (TPSA) is 102 Å². The second-order valence-corrected chi connectivity index (χ2v) is 4.97. The van der Waals surface area contributed by atoms with Gasteiger partial charge >= 0.3 is 0 Å². The number of carbonyl (C=O) groups is 1. The van der Waals surface area contributed by atoms with Gasteiger partial charge in [0.1, 0.15) is 0 Å². The van der Waals surface area contributed by atoms with Crippen molar-refractivity contribution in [2.75, 3.05) is 26.0 Å². The Bertz CT molecular complexity index is 315. The van der Waals surface area contributed by atoms with Crippen LogP contribution in [0.1, 0.15) is 0 Å². The van der Waals surface area contributed by atoms with Crippen LogP contribution in [-0.4, -0.2) is 50.7 Å². The van der Waals surface area contributed by atoms with Crippen LogP contribution in [0.2, 0.25) is 0 Å². The number of hydrogen-bond donors (Lipinski definition) is 2. The van der Waals surface area contributed by atoms with Gasteiger partial charge in [-0.25, -0.2) is 14.3 Å². The first-order valence-electron chi connectivity index (χ1n) is 4.02. The van der Waals surface area contributed by atoms with Crippen molar-refractivity contribution in [2.24, 2.45) is 5.84 Å². The lowest BCUT2D eigenvalue weighted by molar-refractivity contribution is -0.136. The third kappa shape index (κ3) is 2.64. The molecule has 0 aromatic rings. The molecule has 0 saturated carbocycles. The third-order valence-electron chi connectivity index (χ3n) is 1.93. The van der Waals surface area contributed by atoms with Gasteiger partial charge in [-0.1, -0.05) is 0 Å². The summed E-state index contributed by atoms with van der Waals surface area (Å²) >= 11 is 0. The summed E-state index contributed by atoms with van der Waals surface area (Å²) in [4.78, 5) is 11.1. The highest BCUT2D eigenvalue weighted by Gasteiger charge is 2.30. The molecule has 3 N–H and O–H groups in total. The number of hydrogen-bond acceptors (Lipinski definition) is 5. The average molecular weight is 223 g/mol. The quantitative estimate of drug-likeness (QED) is 0.310. The molecule has 8 heteroatoms. The first kappa shape index (κ1) is 11.4. The predicted molar refractivity (Wildman–Crippen MR) is 48.5 cm³/mol. The standard InChI is InChI=1S/C6H13N3O4S/c1-14(11,12)9-2-3-13-5(4-9)6(10)8-7/h5H,2-4,7H2,1H3,(H,8,10). The van der Waals surface area contributed by atoms with E-state index in [0.717, 1.165) is 6.26 Å². The van der Waals surface area contributed by atoms with E-state index in [1.807, 2.05) is 5.43 Å². The van der Waals surface area contributed by atoms with Crippen LogP contribution in [0, 0.1) is 0 Å². The second kappa shape index (κ2) is 4.22. The van der Waals surface area contributed by atoms with Crippen LogP contribution in [0.5, 0.6) is 0 Å². The van der Waals surface area contributed by atoms with Gasteiger partial charge < -0.3 is 4.74 Å². The van der Waals surface area contributed by atoms with Crippen LogP contribution in [0.25, 0.3) is 0 Å². The van der Waals surface area contributed by atoms with Crippen molar-refractivity contribution in [3.63, 3.8) is 0 Å². The molecule has 0 aromatic carbocycles. The van der Waals surface area contributed by atoms with Gasteiger partial charge in [0.25, 0.3) is 5.91 Å². The Hall–Kier alpha value is -0.700. The molecular weight excluding hydrogens is 210 g/mol. The van der Waals surface area contributed by atoms with Crippen molar-refractivity contribution in [2.45, 2.75) is 6.10 Å². The first-order chi connectivity index (χ1) is 6.45. The fourth-order valence-corrected chi connectivity index (χ4v) is 1.99. The summed E-state index contributed by atoms with van der Waals surface area (Å²) in [5.41, 5.74) is 1.92. The van der Waals surface area contributed by atoms with Crippen molar-refractivity contribution in [1.82, 2.24) is 9.73 Å². The highest BCUT2D eigenvalue weighted by atomic mass is 32.2. The minimum atomic E-state index is -3.27. The van der Waals surface area contributed by atoms with E-state index in [2.05, 4.69) is 0 Å². The second-order valence-electron chi connectivity index (χ2n) is 2.99. The van der Waals surface area contributed by atoms with Crippen LogP contribution in [-0.2, 0) is 19.6 Å². The molecule has 0 radical (unpaired) electrons. The van der Waals surface area contributed by atoms with E-state index in [9.17, 15) is 13.2 Å². The lowest BCUT2D eigenvalue weighted by Crippen LogP contribution is -2.52. The number of nitrogens with two attached hydrogens (primary N) is 1. The van der Waals surface area contributed by atoms with Crippen LogP contribution in [0.4, 0.5) is 0 Å². The molecule has 1 fully saturated rings. The van der Waals surface area contributed by atoms with Crippen molar-refractivity contribution in [1.29, 1.82) is 0 Å². The Balaban J connectivity index is 2.65. The van der Waals surface area contributed by atoms with Gasteiger partial charge in [0.05, 0.1) is 12.9 Å². The van der Waals surface area contributed by atoms with Crippen LogP contribution >= 0.6 is 0 Å². The summed E-state index contributed by atoms with van der Waals surface area (Å²) in [6.07, 6.45) is 0.277. The Kier molecular flexibility index (Phi) is 3.43. The molecular formula is C6H13N3O4S. The van der Waals surface area contributed by atoms with E-state index in [-0.39, 0.29) is 19.7 Å². The van der Waals surface area contributed by atoms with E-state index in [1.54, 1.807) is 0 Å². The number of ether oxygens (including phenoxy) is 1. The largest absolute Gasteiger partial charge is 0.366 e. The Labute approximate surface area is 82.2 Å². The molecule has 14 heavy (non-hydrogen) atoms. The van der Waals surface area contributed by atoms with E-state index >= 15 is 0 Å². The normalized spacial score (nSPS) is 24.6. The van der Waals surface area contributed by atoms with Gasteiger partial charge in [-0.2, -0.15) is 4.31 Å². The summed E-state index contributed by atoms with van der Waals surface area (Å²) < 4.78 is 28.5. The highest BCUT2D eigenvalue weighted by molar-refractivity contribution is 7.88. The van der Waals surface area contributed by atoms with Gasteiger partial charge in [-0.05, 0) is 0 Å². The van der Waals surface area contributed by atoms with E-state index < -0.39 is 22.0 Å². The maximum Gasteiger partial charge on any atom is 0.264 e. The highest BCUT2D eigenvalue weighted by Crippen LogP contribution is 2.08. The molecule has 1 aliphatic heterocycles. The molecule has 0 aromatic heterocycles. The Morgan fingerprint density at radius 2 is 2.29 bits per heavy atom. The van der Waals surface area contributed by atoms with Gasteiger partial charge in [-0.3, -0.25) is 10.2 Å². The predicted octanol–water partition coefficient (Wildman–Crippen LogP) is -2.36. The van der Waals surface area contributed by atoms with Crippen molar-refractivity contribution in [3.05, 3.63) is 0 Å². The zero-order valence-electron chi connectivity index (χ0n) is 7.76. The van der Waals surface area contributed by atoms with Crippen molar-refractivity contribution >= 4 is 15.9 Å². The SMILES string of the molecule is CS(=O)(=O)N1CCOC(C(=O)NN)C1. The molecule has 0 aliphatic carbocycles. The molecule has 1 atom stereocenters. The molecule has 0 bridgehead atoms. The minimum Gasteiger partial charge on any atom is -0.366 e. The fraction of sp³-hybridized carbons (Fsp3) is 0.833. The summed E-state index contributed by atoms with van der Waals surface area (Å²) in [6.45, 7) is 0.486. The zero-order chi connectivity index (χ0) is 10.8. The molecule has 1 unspecified atom stereocenters. The number of rotatable bonds is 2. The van der Waals surface area contributed by atoms with E-state index in [4.69, 9.17) is 10.6 Å². The number of hydrazine groups is 1. The Morgan fingerprint density at radius 3 is 2.79 bits per heavy atom. The zero-order valence-corrected chi connectivity index (χ0v) is 8.58. The molecule has 1 rings (SSSR count). The molecule has 82 valence electrons. The smallest absolute Gasteiger partial charge is 0.264 e. The van der Waals surface area contributed by atoms with E-state index in [1.165, 1.54) is 4.31 Å². The number of carbonyl (C=O) groups excluding carboxylic acids is 1. The van der Waals surface area contributed by atoms with Gasteiger partial charge in [0.2, 0.25) is 10.0 Å². The van der Waals surface area contributed by atoms with Crippen molar-refractivity contribution < 1.29 is 17.9 Å². The summed E-state index contributed by atoms with van der Waals surface area (Å²) in [5.74, 6) is 4.39. The number of nitrogens with zero attached hydrogens (tertiary/aromatic N) is 1. The summed E-state index contributed by atoms with van der Waals surface area (Å²) in [7, 11) is -3.27. The summed E-state index contributed by atoms with van der Waals surface area (Å²) in [6, 6.07) is 0. The molecule has 1 aliphatic rings. The van der Waals surface area contributed by atoms with Gasteiger partial charge in [-0.15, -0.1) is 0 Å². The molecule has 1 heterocycles. The van der Waals surface area contributed by atoms with Crippen LogP contribution in [0.3, 0.4) is 0 Å². The third-order valence-corrected chi connectivity index (χ3v) is 3.20. The van der Waals surface area contributed by atoms with Gasteiger partial charge in [0, 0.05) is 13.1 Å². The van der Waals surface area contributed by atoms with E-state index in [0.29, 0.717) is 0 Å². The monoisotopic (exact) mass is 223 g/mol.